The fourth-order valence-electron chi connectivity index (χ4n) is 3.32. The number of urea groups is 1. The van der Waals surface area contributed by atoms with Crippen LogP contribution in [0.3, 0.4) is 0 Å². The summed E-state index contributed by atoms with van der Waals surface area (Å²) in [6, 6.07) is 6.06. The third-order valence-electron chi connectivity index (χ3n) is 4.81. The van der Waals surface area contributed by atoms with Gasteiger partial charge in [0.15, 0.2) is 0 Å². The number of carbonyl (C=O) groups is 2. The summed E-state index contributed by atoms with van der Waals surface area (Å²) in [7, 11) is 0. The van der Waals surface area contributed by atoms with Crippen molar-refractivity contribution in [3.8, 4) is 0 Å². The fraction of sp³-hybridized carbons (Fsp3) is 0.556. The van der Waals surface area contributed by atoms with Gasteiger partial charge >= 0.3 is 6.03 Å². The Morgan fingerprint density at radius 2 is 1.88 bits per heavy atom. The molecule has 25 heavy (non-hydrogen) atoms. The Kier molecular flexibility index (Phi) is 5.86. The fourth-order valence-corrected chi connectivity index (χ4v) is 3.32. The highest BCUT2D eigenvalue weighted by molar-refractivity contribution is 5.79. The highest BCUT2D eigenvalue weighted by Crippen LogP contribution is 2.26. The predicted octanol–water partition coefficient (Wildman–Crippen LogP) is 1.65. The van der Waals surface area contributed by atoms with Gasteiger partial charge in [-0.25, -0.2) is 9.18 Å². The molecule has 1 heterocycles. The largest absolute Gasteiger partial charge is 0.378 e. The molecule has 2 atom stereocenters. The Bertz CT molecular complexity index is 602. The minimum Gasteiger partial charge on any atom is -0.378 e. The van der Waals surface area contributed by atoms with E-state index in [4.69, 9.17) is 4.74 Å². The number of morpholine rings is 1. The summed E-state index contributed by atoms with van der Waals surface area (Å²) >= 11 is 0. The van der Waals surface area contributed by atoms with Gasteiger partial charge in [0.1, 0.15) is 5.82 Å². The van der Waals surface area contributed by atoms with Crippen LogP contribution < -0.4 is 10.6 Å². The third kappa shape index (κ3) is 4.92. The number of benzene rings is 1. The molecule has 7 heteroatoms. The van der Waals surface area contributed by atoms with Crippen molar-refractivity contribution in [1.29, 1.82) is 0 Å². The van der Waals surface area contributed by atoms with Gasteiger partial charge in [-0.05, 0) is 37.0 Å². The summed E-state index contributed by atoms with van der Waals surface area (Å²) in [6.45, 7) is 2.76. The van der Waals surface area contributed by atoms with Gasteiger partial charge in [-0.15, -0.1) is 0 Å². The summed E-state index contributed by atoms with van der Waals surface area (Å²) in [5.74, 6) is -0.382. The van der Waals surface area contributed by atoms with Gasteiger partial charge in [-0.2, -0.15) is 0 Å². The van der Waals surface area contributed by atoms with Crippen LogP contribution in [0.1, 0.15) is 24.8 Å². The van der Waals surface area contributed by atoms with Crippen molar-refractivity contribution in [1.82, 2.24) is 15.5 Å². The van der Waals surface area contributed by atoms with Gasteiger partial charge in [0.25, 0.3) is 0 Å². The zero-order chi connectivity index (χ0) is 17.6. The Hall–Kier alpha value is -2.15. The maximum atomic E-state index is 12.9. The van der Waals surface area contributed by atoms with E-state index in [1.165, 1.54) is 12.1 Å². The van der Waals surface area contributed by atoms with Crippen molar-refractivity contribution in [2.45, 2.75) is 31.8 Å². The molecule has 1 aromatic carbocycles. The molecule has 1 aliphatic heterocycles. The quantitative estimate of drug-likeness (QED) is 0.868. The number of hydrogen-bond donors (Lipinski definition) is 2. The zero-order valence-electron chi connectivity index (χ0n) is 14.2. The van der Waals surface area contributed by atoms with Crippen LogP contribution in [-0.2, 0) is 16.1 Å². The van der Waals surface area contributed by atoms with E-state index in [0.717, 1.165) is 18.4 Å². The second kappa shape index (κ2) is 8.29. The van der Waals surface area contributed by atoms with Gasteiger partial charge in [-0.1, -0.05) is 12.1 Å². The van der Waals surface area contributed by atoms with Crippen molar-refractivity contribution in [3.63, 3.8) is 0 Å². The smallest absolute Gasteiger partial charge is 0.317 e. The van der Waals surface area contributed by atoms with Gasteiger partial charge in [0.2, 0.25) is 5.91 Å². The average molecular weight is 349 g/mol. The lowest BCUT2D eigenvalue weighted by molar-refractivity contribution is -0.125. The standard InChI is InChI=1S/C18H24FN3O3/c19-15-4-1-13(2-5-15)12-20-17(23)14-3-6-16(11-14)21-18(24)22-7-9-25-10-8-22/h1-2,4-5,14,16H,3,6-12H2,(H,20,23)(H,21,24)/t14-,16+/m0/s1. The maximum absolute atomic E-state index is 12.9. The first-order chi connectivity index (χ1) is 12.1. The number of rotatable bonds is 4. The van der Waals surface area contributed by atoms with Crippen LogP contribution in [0.4, 0.5) is 9.18 Å². The number of halogens is 1. The number of amides is 3. The molecule has 2 fully saturated rings. The van der Waals surface area contributed by atoms with E-state index in [9.17, 15) is 14.0 Å². The molecule has 1 saturated heterocycles. The van der Waals surface area contributed by atoms with E-state index in [-0.39, 0.29) is 29.7 Å². The highest BCUT2D eigenvalue weighted by atomic mass is 19.1. The summed E-state index contributed by atoms with van der Waals surface area (Å²) in [6.07, 6.45) is 2.24. The van der Waals surface area contributed by atoms with E-state index in [1.54, 1.807) is 17.0 Å². The molecule has 136 valence electrons. The number of nitrogens with zero attached hydrogens (tertiary/aromatic N) is 1. The van der Waals surface area contributed by atoms with Crippen LogP contribution in [0.2, 0.25) is 0 Å². The third-order valence-corrected chi connectivity index (χ3v) is 4.81. The highest BCUT2D eigenvalue weighted by Gasteiger charge is 2.31. The second-order valence-corrected chi connectivity index (χ2v) is 6.60. The van der Waals surface area contributed by atoms with Crippen LogP contribution in [0.15, 0.2) is 24.3 Å². The lowest BCUT2D eigenvalue weighted by Gasteiger charge is -2.28. The lowest BCUT2D eigenvalue weighted by atomic mass is 10.1. The summed E-state index contributed by atoms with van der Waals surface area (Å²) in [5, 5.41) is 5.92. The molecule has 3 amide bonds. The maximum Gasteiger partial charge on any atom is 0.317 e. The number of nitrogens with one attached hydrogen (secondary N) is 2. The van der Waals surface area contributed by atoms with Crippen molar-refractivity contribution < 1.29 is 18.7 Å². The Morgan fingerprint density at radius 3 is 2.60 bits per heavy atom. The molecule has 6 nitrogen and oxygen atoms in total. The Balaban J connectivity index is 1.41. The molecule has 1 aliphatic carbocycles. The van der Waals surface area contributed by atoms with Crippen LogP contribution in [-0.4, -0.2) is 49.2 Å². The van der Waals surface area contributed by atoms with Crippen LogP contribution >= 0.6 is 0 Å². The monoisotopic (exact) mass is 349 g/mol. The van der Waals surface area contributed by atoms with Crippen molar-refractivity contribution in [2.24, 2.45) is 5.92 Å². The minimum absolute atomic E-state index is 0.00699. The van der Waals surface area contributed by atoms with Gasteiger partial charge < -0.3 is 20.3 Å². The van der Waals surface area contributed by atoms with E-state index < -0.39 is 0 Å². The van der Waals surface area contributed by atoms with Gasteiger partial charge in [-0.3, -0.25) is 4.79 Å². The molecular formula is C18H24FN3O3. The van der Waals surface area contributed by atoms with Crippen LogP contribution in [0, 0.1) is 11.7 Å². The first-order valence-corrected chi connectivity index (χ1v) is 8.77. The summed E-state index contributed by atoms with van der Waals surface area (Å²) in [5.41, 5.74) is 0.866. The molecule has 1 saturated carbocycles. The molecule has 0 aromatic heterocycles. The SMILES string of the molecule is O=C(NCc1ccc(F)cc1)[C@H]1CC[C@@H](NC(=O)N2CCOCC2)C1. The second-order valence-electron chi connectivity index (χ2n) is 6.60. The first kappa shape index (κ1) is 17.7. The molecule has 0 radical (unpaired) electrons. The molecule has 1 aromatic rings. The summed E-state index contributed by atoms with van der Waals surface area (Å²) in [4.78, 5) is 26.2. The lowest BCUT2D eigenvalue weighted by Crippen LogP contribution is -2.48. The number of ether oxygens (including phenoxy) is 1. The number of carbonyl (C=O) groups excluding carboxylic acids is 2. The van der Waals surface area contributed by atoms with E-state index >= 15 is 0 Å². The predicted molar refractivity (Wildman–Crippen MR) is 90.3 cm³/mol. The number of hydrogen-bond acceptors (Lipinski definition) is 3. The molecule has 0 bridgehead atoms. The van der Waals surface area contributed by atoms with Crippen molar-refractivity contribution >= 4 is 11.9 Å². The molecular weight excluding hydrogens is 325 g/mol. The first-order valence-electron chi connectivity index (χ1n) is 8.77. The molecule has 3 rings (SSSR count). The molecule has 0 unspecified atom stereocenters. The average Bonchev–Trinajstić information content (AvgIpc) is 3.10. The van der Waals surface area contributed by atoms with E-state index in [1.807, 2.05) is 0 Å². The zero-order valence-corrected chi connectivity index (χ0v) is 14.2. The van der Waals surface area contributed by atoms with Crippen molar-refractivity contribution in [3.05, 3.63) is 35.6 Å². The summed E-state index contributed by atoms with van der Waals surface area (Å²) < 4.78 is 18.1. The Labute approximate surface area is 146 Å². The van der Waals surface area contributed by atoms with Crippen molar-refractivity contribution in [2.75, 3.05) is 26.3 Å². The van der Waals surface area contributed by atoms with Gasteiger partial charge in [0.05, 0.1) is 13.2 Å². The van der Waals surface area contributed by atoms with E-state index in [0.29, 0.717) is 39.3 Å². The van der Waals surface area contributed by atoms with Crippen LogP contribution in [0.5, 0.6) is 0 Å². The van der Waals surface area contributed by atoms with E-state index in [2.05, 4.69) is 10.6 Å². The molecule has 2 aliphatic rings. The Morgan fingerprint density at radius 1 is 1.16 bits per heavy atom. The molecule has 2 N–H and O–H groups in total. The normalized spacial score (nSPS) is 23.3. The topological polar surface area (TPSA) is 70.7 Å². The van der Waals surface area contributed by atoms with Gasteiger partial charge in [0, 0.05) is 31.6 Å². The van der Waals surface area contributed by atoms with Crippen LogP contribution in [0.25, 0.3) is 0 Å². The minimum atomic E-state index is -0.287. The molecule has 0 spiro atoms.